The molecule has 0 amide bonds. The number of para-hydroxylation sites is 1. The van der Waals surface area contributed by atoms with Crippen molar-refractivity contribution in [3.8, 4) is 0 Å². The van der Waals surface area contributed by atoms with E-state index in [1.165, 1.54) is 4.70 Å². The van der Waals surface area contributed by atoms with Gasteiger partial charge >= 0.3 is 0 Å². The van der Waals surface area contributed by atoms with Crippen LogP contribution in [0.2, 0.25) is 5.02 Å². The molecule has 3 aromatic rings. The van der Waals surface area contributed by atoms with Crippen LogP contribution in [-0.4, -0.2) is 4.98 Å². The number of fused-ring (bicyclic) bond motifs is 1. The summed E-state index contributed by atoms with van der Waals surface area (Å²) in [6, 6.07) is 14.1. The Balaban J connectivity index is 1.90. The number of hydrazine groups is 1. The summed E-state index contributed by atoms with van der Waals surface area (Å²) in [4.78, 5) is 4.67. The standard InChI is InChI=1S/C16H16ClN3S/c1-10-8-11(17)6-7-12(10)14(20-18)9-16-19-13-4-2-3-5-15(13)21-16/h2-8,14,20H,9,18H2,1H3. The lowest BCUT2D eigenvalue weighted by Gasteiger charge is -2.17. The molecule has 0 spiro atoms. The first-order chi connectivity index (χ1) is 10.2. The molecule has 1 atom stereocenters. The molecule has 0 saturated carbocycles. The molecule has 0 bridgehead atoms. The van der Waals surface area contributed by atoms with E-state index in [1.807, 2.05) is 43.3 Å². The van der Waals surface area contributed by atoms with Crippen molar-refractivity contribution in [2.45, 2.75) is 19.4 Å². The predicted octanol–water partition coefficient (Wildman–Crippen LogP) is 4.01. The van der Waals surface area contributed by atoms with E-state index in [2.05, 4.69) is 16.5 Å². The van der Waals surface area contributed by atoms with Crippen LogP contribution >= 0.6 is 22.9 Å². The molecule has 3 rings (SSSR count). The van der Waals surface area contributed by atoms with Gasteiger partial charge in [-0.1, -0.05) is 29.8 Å². The van der Waals surface area contributed by atoms with Crippen LogP contribution in [0, 0.1) is 6.92 Å². The number of nitrogens with zero attached hydrogens (tertiary/aromatic N) is 1. The molecule has 3 nitrogen and oxygen atoms in total. The van der Waals surface area contributed by atoms with Gasteiger partial charge in [-0.2, -0.15) is 0 Å². The van der Waals surface area contributed by atoms with Crippen molar-refractivity contribution in [1.82, 2.24) is 10.4 Å². The van der Waals surface area contributed by atoms with Crippen molar-refractivity contribution < 1.29 is 0 Å². The van der Waals surface area contributed by atoms with Gasteiger partial charge in [0.05, 0.1) is 21.3 Å². The molecule has 0 aliphatic rings. The molecular weight excluding hydrogens is 302 g/mol. The van der Waals surface area contributed by atoms with Crippen LogP contribution in [0.4, 0.5) is 0 Å². The summed E-state index contributed by atoms with van der Waals surface area (Å²) >= 11 is 7.73. The zero-order chi connectivity index (χ0) is 14.8. The molecular formula is C16H16ClN3S. The third-order valence-electron chi connectivity index (χ3n) is 3.53. The molecule has 2 aromatic carbocycles. The lowest BCUT2D eigenvalue weighted by atomic mass is 9.99. The molecule has 0 aliphatic carbocycles. The second-order valence-corrected chi connectivity index (χ2v) is 6.55. The molecule has 1 unspecified atom stereocenters. The smallest absolute Gasteiger partial charge is 0.0958 e. The first-order valence-electron chi connectivity index (χ1n) is 6.74. The first-order valence-corrected chi connectivity index (χ1v) is 7.93. The van der Waals surface area contributed by atoms with Gasteiger partial charge in [0.2, 0.25) is 0 Å². The third-order valence-corrected chi connectivity index (χ3v) is 4.82. The van der Waals surface area contributed by atoms with Crippen LogP contribution < -0.4 is 11.3 Å². The topological polar surface area (TPSA) is 50.9 Å². The number of halogens is 1. The summed E-state index contributed by atoms with van der Waals surface area (Å²) < 4.78 is 1.20. The number of hydrogen-bond donors (Lipinski definition) is 2. The van der Waals surface area contributed by atoms with E-state index in [0.717, 1.165) is 33.1 Å². The van der Waals surface area contributed by atoms with Gasteiger partial charge in [0.25, 0.3) is 0 Å². The summed E-state index contributed by atoms with van der Waals surface area (Å²) in [6.45, 7) is 2.05. The fourth-order valence-corrected chi connectivity index (χ4v) is 3.71. The van der Waals surface area contributed by atoms with Crippen molar-refractivity contribution in [3.05, 3.63) is 63.6 Å². The number of thiazole rings is 1. The maximum Gasteiger partial charge on any atom is 0.0958 e. The highest BCUT2D eigenvalue weighted by molar-refractivity contribution is 7.18. The largest absolute Gasteiger partial charge is 0.271 e. The van der Waals surface area contributed by atoms with Gasteiger partial charge in [0.15, 0.2) is 0 Å². The minimum atomic E-state index is 0.0304. The van der Waals surface area contributed by atoms with Gasteiger partial charge in [-0.05, 0) is 42.3 Å². The second-order valence-electron chi connectivity index (χ2n) is 5.00. The van der Waals surface area contributed by atoms with Crippen LogP contribution in [0.3, 0.4) is 0 Å². The summed E-state index contributed by atoms with van der Waals surface area (Å²) in [7, 11) is 0. The Morgan fingerprint density at radius 2 is 2.10 bits per heavy atom. The molecule has 5 heteroatoms. The number of benzene rings is 2. The fourth-order valence-electron chi connectivity index (χ4n) is 2.47. The number of hydrogen-bond acceptors (Lipinski definition) is 4. The van der Waals surface area contributed by atoms with E-state index in [0.29, 0.717) is 0 Å². The zero-order valence-electron chi connectivity index (χ0n) is 11.6. The Morgan fingerprint density at radius 3 is 2.81 bits per heavy atom. The van der Waals surface area contributed by atoms with Crippen LogP contribution in [0.15, 0.2) is 42.5 Å². The van der Waals surface area contributed by atoms with Gasteiger partial charge in [0, 0.05) is 11.4 Å². The molecule has 0 aliphatic heterocycles. The van der Waals surface area contributed by atoms with E-state index in [9.17, 15) is 0 Å². The van der Waals surface area contributed by atoms with Crippen LogP contribution in [0.1, 0.15) is 22.2 Å². The highest BCUT2D eigenvalue weighted by atomic mass is 35.5. The Morgan fingerprint density at radius 1 is 1.29 bits per heavy atom. The average molecular weight is 318 g/mol. The van der Waals surface area contributed by atoms with Crippen molar-refractivity contribution in [1.29, 1.82) is 0 Å². The Hall–Kier alpha value is -1.46. The molecule has 108 valence electrons. The van der Waals surface area contributed by atoms with Crippen molar-refractivity contribution >= 4 is 33.2 Å². The lowest BCUT2D eigenvalue weighted by Crippen LogP contribution is -2.30. The summed E-state index contributed by atoms with van der Waals surface area (Å²) in [6.07, 6.45) is 0.762. The van der Waals surface area contributed by atoms with E-state index in [4.69, 9.17) is 17.4 Å². The predicted molar refractivity (Wildman–Crippen MR) is 89.6 cm³/mol. The number of aryl methyl sites for hydroxylation is 1. The van der Waals surface area contributed by atoms with Crippen LogP contribution in [0.5, 0.6) is 0 Å². The molecule has 0 saturated heterocycles. The minimum Gasteiger partial charge on any atom is -0.271 e. The maximum absolute atomic E-state index is 6.02. The number of rotatable bonds is 4. The average Bonchev–Trinajstić information content (AvgIpc) is 2.87. The second kappa shape index (κ2) is 6.12. The maximum atomic E-state index is 6.02. The molecule has 21 heavy (non-hydrogen) atoms. The molecule has 3 N–H and O–H groups in total. The number of nitrogens with one attached hydrogen (secondary N) is 1. The van der Waals surface area contributed by atoms with E-state index >= 15 is 0 Å². The Labute approximate surface area is 132 Å². The van der Waals surface area contributed by atoms with Gasteiger partial charge in [-0.25, -0.2) is 4.98 Å². The van der Waals surface area contributed by atoms with Crippen molar-refractivity contribution in [2.24, 2.45) is 5.84 Å². The van der Waals surface area contributed by atoms with Gasteiger partial charge in [0.1, 0.15) is 0 Å². The van der Waals surface area contributed by atoms with Gasteiger partial charge < -0.3 is 0 Å². The quantitative estimate of drug-likeness (QED) is 0.565. The lowest BCUT2D eigenvalue weighted by molar-refractivity contribution is 0.548. The Bertz CT molecular complexity index is 736. The molecule has 1 aromatic heterocycles. The van der Waals surface area contributed by atoms with Crippen LogP contribution in [0.25, 0.3) is 10.2 Å². The highest BCUT2D eigenvalue weighted by Crippen LogP contribution is 2.28. The van der Waals surface area contributed by atoms with Gasteiger partial charge in [-0.15, -0.1) is 11.3 Å². The first kappa shape index (κ1) is 14.5. The van der Waals surface area contributed by atoms with Gasteiger partial charge in [-0.3, -0.25) is 11.3 Å². The third kappa shape index (κ3) is 3.09. The summed E-state index contributed by atoms with van der Waals surface area (Å²) in [5.41, 5.74) is 6.22. The zero-order valence-corrected chi connectivity index (χ0v) is 13.2. The van der Waals surface area contributed by atoms with E-state index in [1.54, 1.807) is 11.3 Å². The number of nitrogens with two attached hydrogens (primary N) is 1. The Kier molecular flexibility index (Phi) is 4.22. The monoisotopic (exact) mass is 317 g/mol. The molecule has 0 fully saturated rings. The SMILES string of the molecule is Cc1cc(Cl)ccc1C(Cc1nc2ccccc2s1)NN. The van der Waals surface area contributed by atoms with E-state index in [-0.39, 0.29) is 6.04 Å². The van der Waals surface area contributed by atoms with Crippen molar-refractivity contribution in [2.75, 3.05) is 0 Å². The number of aromatic nitrogens is 1. The molecule has 0 radical (unpaired) electrons. The highest BCUT2D eigenvalue weighted by Gasteiger charge is 2.15. The molecule has 1 heterocycles. The fraction of sp³-hybridized carbons (Fsp3) is 0.188. The van der Waals surface area contributed by atoms with Crippen molar-refractivity contribution in [3.63, 3.8) is 0 Å². The normalized spacial score (nSPS) is 12.7. The summed E-state index contributed by atoms with van der Waals surface area (Å²) in [5, 5.41) is 1.82. The minimum absolute atomic E-state index is 0.0304. The van der Waals surface area contributed by atoms with E-state index < -0.39 is 0 Å². The van der Waals surface area contributed by atoms with Crippen LogP contribution in [-0.2, 0) is 6.42 Å². The summed E-state index contributed by atoms with van der Waals surface area (Å²) in [5.74, 6) is 5.75.